The van der Waals surface area contributed by atoms with Gasteiger partial charge in [-0.25, -0.2) is 0 Å². The smallest absolute Gasteiger partial charge is 0.294 e. The van der Waals surface area contributed by atoms with Crippen molar-refractivity contribution < 1.29 is 17.1 Å². The van der Waals surface area contributed by atoms with E-state index in [9.17, 15) is 17.1 Å². The molecule has 0 bridgehead atoms. The van der Waals surface area contributed by atoms with E-state index in [1.807, 2.05) is 22.6 Å². The summed E-state index contributed by atoms with van der Waals surface area (Å²) < 4.78 is 34.9. The van der Waals surface area contributed by atoms with E-state index in [4.69, 9.17) is 0 Å². The van der Waals surface area contributed by atoms with Gasteiger partial charge in [0.25, 0.3) is 0 Å². The molecule has 1 unspecified atom stereocenters. The van der Waals surface area contributed by atoms with E-state index >= 15 is 0 Å². The molecule has 9 heteroatoms. The minimum atomic E-state index is -4.70. The topological polar surface area (TPSA) is 80.2 Å². The Morgan fingerprint density at radius 2 is 2.12 bits per heavy atom. The van der Waals surface area contributed by atoms with E-state index in [1.165, 1.54) is 0 Å². The molecule has 1 aliphatic heterocycles. The fraction of sp³-hybridized carbons (Fsp3) is 0.375. The molecule has 92 valence electrons. The van der Waals surface area contributed by atoms with Gasteiger partial charge in [-0.15, -0.1) is 14.1 Å². The molecule has 0 aliphatic carbocycles. The molecule has 17 heavy (non-hydrogen) atoms. The molecule has 1 amide bonds. The van der Waals surface area contributed by atoms with Crippen molar-refractivity contribution in [2.45, 2.75) is 11.7 Å². The van der Waals surface area contributed by atoms with E-state index < -0.39 is 21.4 Å². The van der Waals surface area contributed by atoms with Crippen LogP contribution in [0.15, 0.2) is 12.1 Å². The van der Waals surface area contributed by atoms with Crippen molar-refractivity contribution in [1.29, 1.82) is 0 Å². The number of rotatable bonds is 2. The van der Waals surface area contributed by atoms with Crippen LogP contribution in [-0.2, 0) is 15.0 Å². The molecular weight excluding hydrogens is 364 g/mol. The van der Waals surface area contributed by atoms with Gasteiger partial charge in [0, 0.05) is 13.0 Å². The van der Waals surface area contributed by atoms with Gasteiger partial charge < -0.3 is 0 Å². The highest BCUT2D eigenvalue weighted by Gasteiger charge is 2.39. The minimum Gasteiger partial charge on any atom is -0.294 e. The summed E-state index contributed by atoms with van der Waals surface area (Å²) in [5, 5.41) is 6.19. The Morgan fingerprint density at radius 1 is 1.41 bits per heavy atom. The Morgan fingerprint density at radius 3 is 2.59 bits per heavy atom. The van der Waals surface area contributed by atoms with E-state index in [0.717, 1.165) is 4.90 Å². The summed E-state index contributed by atoms with van der Waals surface area (Å²) in [4.78, 5) is 12.7. The van der Waals surface area contributed by atoms with Crippen LogP contribution in [0.5, 0.6) is 0 Å². The molecule has 0 radical (unpaired) electrons. The monoisotopic (exact) mass is 371 g/mol. The highest BCUT2D eigenvalue weighted by Crippen LogP contribution is 2.24. The first kappa shape index (κ1) is 12.6. The van der Waals surface area contributed by atoms with Gasteiger partial charge in [-0.2, -0.15) is 8.42 Å². The first-order valence-electron chi connectivity index (χ1n) is 4.61. The number of aromatic nitrogens is 2. The molecular formula is C8H7FIN3O3S. The maximum absolute atomic E-state index is 12.8. The third-order valence-electron chi connectivity index (χ3n) is 2.38. The molecule has 1 aliphatic rings. The van der Waals surface area contributed by atoms with Crippen LogP contribution in [0.2, 0.25) is 0 Å². The van der Waals surface area contributed by atoms with Crippen LogP contribution in [0.4, 0.5) is 9.70 Å². The second-order valence-electron chi connectivity index (χ2n) is 3.52. The molecule has 1 aromatic rings. The molecule has 2 heterocycles. The predicted molar refractivity (Wildman–Crippen MR) is 65.5 cm³/mol. The number of carbonyl (C=O) groups is 1. The van der Waals surface area contributed by atoms with Gasteiger partial charge in [-0.3, -0.25) is 9.69 Å². The number of carbonyl (C=O) groups excluding carboxylic acids is 1. The highest BCUT2D eigenvalue weighted by atomic mass is 127. The fourth-order valence-electron chi connectivity index (χ4n) is 1.54. The third-order valence-corrected chi connectivity index (χ3v) is 4.07. The molecule has 1 atom stereocenters. The summed E-state index contributed by atoms with van der Waals surface area (Å²) in [5.41, 5.74) is 0. The van der Waals surface area contributed by atoms with Crippen LogP contribution >= 0.6 is 22.6 Å². The Kier molecular flexibility index (Phi) is 3.30. The van der Waals surface area contributed by atoms with Crippen molar-refractivity contribution >= 4 is 44.5 Å². The van der Waals surface area contributed by atoms with E-state index in [0.29, 0.717) is 3.70 Å². The van der Waals surface area contributed by atoms with Crippen LogP contribution in [0, 0.1) is 3.70 Å². The maximum Gasteiger partial charge on any atom is 0.307 e. The van der Waals surface area contributed by atoms with Crippen LogP contribution in [-0.4, -0.2) is 36.3 Å². The summed E-state index contributed by atoms with van der Waals surface area (Å²) in [6.07, 6.45) is -0.355. The summed E-state index contributed by atoms with van der Waals surface area (Å²) in [6.45, 7) is -0.215. The number of nitrogens with zero attached hydrogens (tertiary/aromatic N) is 3. The third kappa shape index (κ3) is 2.70. The largest absolute Gasteiger partial charge is 0.307 e. The molecule has 0 spiro atoms. The van der Waals surface area contributed by atoms with Gasteiger partial charge in [0.15, 0.2) is 5.82 Å². The first-order valence-corrected chi connectivity index (χ1v) is 7.13. The minimum absolute atomic E-state index is 0.215. The van der Waals surface area contributed by atoms with Gasteiger partial charge >= 0.3 is 10.2 Å². The summed E-state index contributed by atoms with van der Waals surface area (Å²) >= 11 is 1.95. The lowest BCUT2D eigenvalue weighted by molar-refractivity contribution is -0.117. The zero-order valence-electron chi connectivity index (χ0n) is 8.38. The van der Waals surface area contributed by atoms with Crippen molar-refractivity contribution in [2.75, 3.05) is 11.4 Å². The Balaban J connectivity index is 2.24. The van der Waals surface area contributed by atoms with Crippen LogP contribution < -0.4 is 4.90 Å². The summed E-state index contributed by atoms with van der Waals surface area (Å²) in [7, 11) is -4.70. The predicted octanol–water partition coefficient (Wildman–Crippen LogP) is 0.486. The van der Waals surface area contributed by atoms with E-state index in [-0.39, 0.29) is 18.8 Å². The average Bonchev–Trinajstić information content (AvgIpc) is 2.61. The number of hydrogen-bond donors (Lipinski definition) is 0. The fourth-order valence-corrected chi connectivity index (χ4v) is 2.49. The molecule has 0 N–H and O–H groups in total. The van der Waals surface area contributed by atoms with Gasteiger partial charge in [-0.1, -0.05) is 0 Å². The van der Waals surface area contributed by atoms with E-state index in [1.54, 1.807) is 12.1 Å². The van der Waals surface area contributed by atoms with Crippen molar-refractivity contribution in [3.05, 3.63) is 15.8 Å². The van der Waals surface area contributed by atoms with Gasteiger partial charge in [0.05, 0.1) is 0 Å². The number of amides is 1. The Labute approximate surface area is 111 Å². The molecule has 1 fully saturated rings. The standard InChI is InChI=1S/C8H7FIN3O3S/c9-17(15,16)5-3-8(14)13(4-5)7-2-1-6(10)11-12-7/h1-2,5H,3-4H2. The molecule has 0 saturated carbocycles. The first-order chi connectivity index (χ1) is 7.88. The average molecular weight is 371 g/mol. The zero-order valence-corrected chi connectivity index (χ0v) is 11.4. The molecule has 1 aromatic heterocycles. The second kappa shape index (κ2) is 4.44. The lowest BCUT2D eigenvalue weighted by Gasteiger charge is -2.13. The molecule has 6 nitrogen and oxygen atoms in total. The Hall–Kier alpha value is -0.840. The van der Waals surface area contributed by atoms with Crippen molar-refractivity contribution in [1.82, 2.24) is 10.2 Å². The van der Waals surface area contributed by atoms with Gasteiger partial charge in [0.2, 0.25) is 5.91 Å². The van der Waals surface area contributed by atoms with Crippen LogP contribution in [0.1, 0.15) is 6.42 Å². The van der Waals surface area contributed by atoms with Gasteiger partial charge in [0.1, 0.15) is 8.95 Å². The molecule has 2 rings (SSSR count). The molecule has 0 aromatic carbocycles. The van der Waals surface area contributed by atoms with Crippen LogP contribution in [0.25, 0.3) is 0 Å². The lowest BCUT2D eigenvalue weighted by atomic mass is 10.4. The van der Waals surface area contributed by atoms with Gasteiger partial charge in [-0.05, 0) is 34.7 Å². The molecule has 1 saturated heterocycles. The SMILES string of the molecule is O=C1CC(S(=O)(=O)F)CN1c1ccc(I)nn1. The van der Waals surface area contributed by atoms with E-state index in [2.05, 4.69) is 10.2 Å². The second-order valence-corrected chi connectivity index (χ2v) is 6.24. The van der Waals surface area contributed by atoms with Crippen molar-refractivity contribution in [2.24, 2.45) is 0 Å². The zero-order chi connectivity index (χ0) is 12.6. The normalized spacial score (nSPS) is 20.9. The summed E-state index contributed by atoms with van der Waals surface area (Å²) in [6, 6.07) is 3.17. The van der Waals surface area contributed by atoms with Crippen molar-refractivity contribution in [3.8, 4) is 0 Å². The Bertz CT molecular complexity index is 548. The highest BCUT2D eigenvalue weighted by molar-refractivity contribution is 14.1. The summed E-state index contributed by atoms with van der Waals surface area (Å²) in [5.74, 6) is -0.228. The number of halogens is 2. The van der Waals surface area contributed by atoms with Crippen LogP contribution in [0.3, 0.4) is 0 Å². The van der Waals surface area contributed by atoms with Crippen molar-refractivity contribution in [3.63, 3.8) is 0 Å². The lowest BCUT2D eigenvalue weighted by Crippen LogP contribution is -2.27. The quantitative estimate of drug-likeness (QED) is 0.558. The maximum atomic E-state index is 12.8. The number of anilines is 1. The number of hydrogen-bond acceptors (Lipinski definition) is 5.